The van der Waals surface area contributed by atoms with E-state index in [0.717, 1.165) is 31.4 Å². The molecule has 21 heavy (non-hydrogen) atoms. The van der Waals surface area contributed by atoms with Crippen LogP contribution in [0.5, 0.6) is 0 Å². The smallest absolute Gasteiger partial charge is 0.178 e. The Labute approximate surface area is 126 Å². The Morgan fingerprint density at radius 2 is 1.71 bits per heavy atom. The molecule has 2 aliphatic heterocycles. The van der Waals surface area contributed by atoms with E-state index in [4.69, 9.17) is 0 Å². The number of nitrogens with zero attached hydrogens (tertiary/aromatic N) is 1. The van der Waals surface area contributed by atoms with E-state index in [2.05, 4.69) is 4.90 Å². The number of aliphatic hydroxyl groups is 1. The number of anilines is 1. The average molecular weight is 309 g/mol. The van der Waals surface area contributed by atoms with Gasteiger partial charge in [0.15, 0.2) is 9.84 Å². The molecule has 2 atom stereocenters. The Morgan fingerprint density at radius 3 is 2.24 bits per heavy atom. The highest BCUT2D eigenvalue weighted by atomic mass is 32.2. The van der Waals surface area contributed by atoms with Crippen LogP contribution < -0.4 is 4.90 Å². The molecule has 0 saturated carbocycles. The summed E-state index contributed by atoms with van der Waals surface area (Å²) in [5, 5.41) is 9.86. The van der Waals surface area contributed by atoms with Gasteiger partial charge in [0.2, 0.25) is 0 Å². The summed E-state index contributed by atoms with van der Waals surface area (Å²) in [6.07, 6.45) is 4.36. The van der Waals surface area contributed by atoms with Gasteiger partial charge in [-0.2, -0.15) is 0 Å². The van der Waals surface area contributed by atoms with Crippen molar-refractivity contribution in [3.63, 3.8) is 0 Å². The Balaban J connectivity index is 1.82. The molecule has 4 nitrogen and oxygen atoms in total. The standard InChI is InChI=1S/C16H23NO3S/c1-2-9-21(19,20)16-7-5-12(6-8-16)17-13-3-4-14(17)11-15(18)10-13/h5-8,13-15,18H,2-4,9-11H2,1H3. The number of benzene rings is 1. The van der Waals surface area contributed by atoms with Gasteiger partial charge in [0.1, 0.15) is 0 Å². The third kappa shape index (κ3) is 2.81. The SMILES string of the molecule is CCCS(=O)(=O)c1ccc(N2C3CCC2CC(O)C3)cc1. The zero-order valence-corrected chi connectivity index (χ0v) is 13.2. The van der Waals surface area contributed by atoms with Gasteiger partial charge >= 0.3 is 0 Å². The van der Waals surface area contributed by atoms with Gasteiger partial charge in [-0.05, 0) is 56.4 Å². The minimum absolute atomic E-state index is 0.178. The first-order chi connectivity index (χ1) is 10.0. The Morgan fingerprint density at radius 1 is 1.14 bits per heavy atom. The molecule has 1 N–H and O–H groups in total. The van der Waals surface area contributed by atoms with Crippen molar-refractivity contribution in [2.75, 3.05) is 10.7 Å². The average Bonchev–Trinajstić information content (AvgIpc) is 2.71. The summed E-state index contributed by atoms with van der Waals surface area (Å²) < 4.78 is 24.1. The van der Waals surface area contributed by atoms with Gasteiger partial charge in [0.25, 0.3) is 0 Å². The highest BCUT2D eigenvalue weighted by molar-refractivity contribution is 7.91. The summed E-state index contributed by atoms with van der Waals surface area (Å²) in [5.41, 5.74) is 1.09. The highest BCUT2D eigenvalue weighted by Crippen LogP contribution is 2.39. The number of hydrogen-bond donors (Lipinski definition) is 1. The predicted octanol–water partition coefficient (Wildman–Crippen LogP) is 2.36. The molecule has 1 aromatic rings. The van der Waals surface area contributed by atoms with Gasteiger partial charge in [0, 0.05) is 17.8 Å². The van der Waals surface area contributed by atoms with Crippen molar-refractivity contribution in [1.29, 1.82) is 0 Å². The van der Waals surface area contributed by atoms with Crippen LogP contribution >= 0.6 is 0 Å². The second-order valence-electron chi connectivity index (χ2n) is 6.23. The van der Waals surface area contributed by atoms with Crippen LogP contribution in [0.4, 0.5) is 5.69 Å². The van der Waals surface area contributed by atoms with Gasteiger partial charge < -0.3 is 10.0 Å². The molecule has 0 spiro atoms. The Bertz CT molecular complexity index is 582. The number of sulfone groups is 1. The quantitative estimate of drug-likeness (QED) is 0.927. The summed E-state index contributed by atoms with van der Waals surface area (Å²) in [4.78, 5) is 2.79. The lowest BCUT2D eigenvalue weighted by Crippen LogP contribution is -2.44. The fraction of sp³-hybridized carbons (Fsp3) is 0.625. The molecule has 2 heterocycles. The van der Waals surface area contributed by atoms with Crippen LogP contribution in [0.3, 0.4) is 0 Å². The van der Waals surface area contributed by atoms with Crippen LogP contribution in [-0.2, 0) is 9.84 Å². The molecule has 1 aromatic carbocycles. The third-order valence-electron chi connectivity index (χ3n) is 4.68. The van der Waals surface area contributed by atoms with Gasteiger partial charge in [-0.15, -0.1) is 0 Å². The van der Waals surface area contributed by atoms with E-state index >= 15 is 0 Å². The normalized spacial score (nSPS) is 28.9. The summed E-state index contributed by atoms with van der Waals surface area (Å²) in [6.45, 7) is 1.88. The van der Waals surface area contributed by atoms with E-state index in [1.807, 2.05) is 19.1 Å². The fourth-order valence-corrected chi connectivity index (χ4v) is 5.11. The number of rotatable bonds is 4. The molecule has 2 bridgehead atoms. The largest absolute Gasteiger partial charge is 0.393 e. The van der Waals surface area contributed by atoms with Crippen LogP contribution in [0.25, 0.3) is 0 Å². The molecule has 0 aliphatic carbocycles. The van der Waals surface area contributed by atoms with E-state index in [9.17, 15) is 13.5 Å². The maximum Gasteiger partial charge on any atom is 0.178 e. The van der Waals surface area contributed by atoms with Crippen LogP contribution in [-0.4, -0.2) is 37.5 Å². The second kappa shape index (κ2) is 5.61. The Kier molecular flexibility index (Phi) is 3.97. The monoisotopic (exact) mass is 309 g/mol. The van der Waals surface area contributed by atoms with Gasteiger partial charge in [0.05, 0.1) is 16.8 Å². The van der Waals surface area contributed by atoms with Crippen LogP contribution in [0.1, 0.15) is 39.0 Å². The van der Waals surface area contributed by atoms with Crippen molar-refractivity contribution in [3.8, 4) is 0 Å². The molecule has 5 heteroatoms. The zero-order chi connectivity index (χ0) is 15.0. The van der Waals surface area contributed by atoms with Crippen molar-refractivity contribution in [3.05, 3.63) is 24.3 Å². The topological polar surface area (TPSA) is 57.6 Å². The zero-order valence-electron chi connectivity index (χ0n) is 12.4. The van der Waals surface area contributed by atoms with E-state index < -0.39 is 9.84 Å². The Hall–Kier alpha value is -1.07. The minimum Gasteiger partial charge on any atom is -0.393 e. The molecule has 2 unspecified atom stereocenters. The molecule has 0 radical (unpaired) electrons. The lowest BCUT2D eigenvalue weighted by atomic mass is 9.99. The number of fused-ring (bicyclic) bond motifs is 2. The summed E-state index contributed by atoms with van der Waals surface area (Å²) in [7, 11) is -3.14. The summed E-state index contributed by atoms with van der Waals surface area (Å²) in [6, 6.07) is 8.10. The molecule has 0 aromatic heterocycles. The number of hydrogen-bond acceptors (Lipinski definition) is 4. The van der Waals surface area contributed by atoms with Crippen molar-refractivity contribution in [1.82, 2.24) is 0 Å². The van der Waals surface area contributed by atoms with Crippen LogP contribution in [0.2, 0.25) is 0 Å². The first-order valence-corrected chi connectivity index (χ1v) is 9.45. The van der Waals surface area contributed by atoms with E-state index in [0.29, 0.717) is 23.4 Å². The molecular weight excluding hydrogens is 286 g/mol. The van der Waals surface area contributed by atoms with Crippen LogP contribution in [0.15, 0.2) is 29.2 Å². The lowest BCUT2D eigenvalue weighted by molar-refractivity contribution is 0.126. The van der Waals surface area contributed by atoms with E-state index in [1.54, 1.807) is 12.1 Å². The second-order valence-corrected chi connectivity index (χ2v) is 8.34. The molecular formula is C16H23NO3S. The van der Waals surface area contributed by atoms with Crippen molar-refractivity contribution in [2.24, 2.45) is 0 Å². The maximum absolute atomic E-state index is 12.1. The van der Waals surface area contributed by atoms with Crippen molar-refractivity contribution in [2.45, 2.75) is 62.1 Å². The van der Waals surface area contributed by atoms with E-state index in [-0.39, 0.29) is 11.9 Å². The van der Waals surface area contributed by atoms with Crippen LogP contribution in [0, 0.1) is 0 Å². The fourth-order valence-electron chi connectivity index (χ4n) is 3.78. The molecule has 2 fully saturated rings. The molecule has 3 rings (SSSR count). The number of piperidine rings is 1. The van der Waals surface area contributed by atoms with Gasteiger partial charge in [-0.3, -0.25) is 0 Å². The van der Waals surface area contributed by atoms with Crippen molar-refractivity contribution >= 4 is 15.5 Å². The third-order valence-corrected chi connectivity index (χ3v) is 6.61. The first-order valence-electron chi connectivity index (χ1n) is 7.80. The first kappa shape index (κ1) is 14.9. The minimum atomic E-state index is -3.14. The molecule has 2 aliphatic rings. The molecule has 116 valence electrons. The van der Waals surface area contributed by atoms with E-state index in [1.165, 1.54) is 0 Å². The number of aliphatic hydroxyl groups excluding tert-OH is 1. The van der Waals surface area contributed by atoms with Gasteiger partial charge in [-0.25, -0.2) is 8.42 Å². The summed E-state index contributed by atoms with van der Waals surface area (Å²) in [5.74, 6) is 0.202. The predicted molar refractivity (Wildman–Crippen MR) is 83.3 cm³/mol. The summed E-state index contributed by atoms with van der Waals surface area (Å²) >= 11 is 0. The maximum atomic E-state index is 12.1. The van der Waals surface area contributed by atoms with Gasteiger partial charge in [-0.1, -0.05) is 6.92 Å². The molecule has 2 saturated heterocycles. The lowest BCUT2D eigenvalue weighted by Gasteiger charge is -2.39. The molecule has 0 amide bonds. The van der Waals surface area contributed by atoms with Crippen molar-refractivity contribution < 1.29 is 13.5 Å². The highest BCUT2D eigenvalue weighted by Gasteiger charge is 2.40.